The molecule has 0 fully saturated rings. The first-order chi connectivity index (χ1) is 13.1. The van der Waals surface area contributed by atoms with E-state index < -0.39 is 5.97 Å². The van der Waals surface area contributed by atoms with E-state index in [2.05, 4.69) is 24.0 Å². The van der Waals surface area contributed by atoms with Crippen LogP contribution in [0.5, 0.6) is 5.75 Å². The first kappa shape index (κ1) is 20.7. The highest BCUT2D eigenvalue weighted by Gasteiger charge is 2.09. The molecular formula is C22H30N2O3. The highest BCUT2D eigenvalue weighted by Crippen LogP contribution is 2.29. The second kappa shape index (κ2) is 10.6. The maximum absolute atomic E-state index is 10.3. The van der Waals surface area contributed by atoms with Crippen molar-refractivity contribution in [2.24, 2.45) is 0 Å². The molecule has 3 N–H and O–H groups in total. The third-order valence-electron chi connectivity index (χ3n) is 4.73. The number of allylic oxidation sites excluding steroid dienone is 1. The minimum absolute atomic E-state index is 0.598. The van der Waals surface area contributed by atoms with E-state index in [9.17, 15) is 4.79 Å². The normalized spacial score (nSPS) is 13.5. The lowest BCUT2D eigenvalue weighted by Gasteiger charge is -2.08. The number of benzene rings is 1. The van der Waals surface area contributed by atoms with E-state index in [0.29, 0.717) is 11.3 Å². The average Bonchev–Trinajstić information content (AvgIpc) is 2.70. The van der Waals surface area contributed by atoms with Crippen LogP contribution >= 0.6 is 0 Å². The molecule has 1 aliphatic carbocycles. The number of carboxylic acid groups (broad SMARTS) is 1. The number of anilines is 1. The Morgan fingerprint density at radius 1 is 1.22 bits per heavy atom. The molecule has 5 nitrogen and oxygen atoms in total. The maximum Gasteiger partial charge on any atom is 0.331 e. The van der Waals surface area contributed by atoms with E-state index >= 15 is 0 Å². The molecule has 146 valence electrons. The molecule has 3 rings (SSSR count). The van der Waals surface area contributed by atoms with Crippen molar-refractivity contribution in [3.05, 3.63) is 41.6 Å². The molecule has 0 bridgehead atoms. The van der Waals surface area contributed by atoms with Gasteiger partial charge in [0.25, 0.3) is 0 Å². The van der Waals surface area contributed by atoms with Crippen LogP contribution in [-0.4, -0.2) is 23.2 Å². The number of aromatic nitrogens is 1. The number of methoxy groups -OCH3 is 1. The van der Waals surface area contributed by atoms with Crippen LogP contribution < -0.4 is 10.5 Å². The van der Waals surface area contributed by atoms with Gasteiger partial charge in [-0.2, -0.15) is 0 Å². The second-order valence-corrected chi connectivity index (χ2v) is 6.79. The summed E-state index contributed by atoms with van der Waals surface area (Å²) in [5.74, 6) is 0.0847. The van der Waals surface area contributed by atoms with Crippen LogP contribution in [0.15, 0.2) is 35.9 Å². The number of nitrogens with zero attached hydrogens (tertiary/aromatic N) is 1. The van der Waals surface area contributed by atoms with Crippen molar-refractivity contribution < 1.29 is 14.6 Å². The summed E-state index contributed by atoms with van der Waals surface area (Å²) in [6.07, 6.45) is 10.4. The zero-order valence-corrected chi connectivity index (χ0v) is 16.3. The van der Waals surface area contributed by atoms with Gasteiger partial charge in [0.15, 0.2) is 0 Å². The fourth-order valence-electron chi connectivity index (χ4n) is 3.16. The number of rotatable bonds is 6. The SMILES string of the molecule is CCCCCc1ccc2c(OC)ccc(N)c2n1.O=C(O)C1=CCCCC1. The molecular weight excluding hydrogens is 340 g/mol. The Hall–Kier alpha value is -2.56. The lowest BCUT2D eigenvalue weighted by Crippen LogP contribution is -2.03. The van der Waals surface area contributed by atoms with Crippen LogP contribution in [0.1, 0.15) is 57.6 Å². The number of carboxylic acids is 1. The largest absolute Gasteiger partial charge is 0.496 e. The van der Waals surface area contributed by atoms with Crippen LogP contribution in [0, 0.1) is 0 Å². The van der Waals surface area contributed by atoms with Crippen LogP contribution in [0.3, 0.4) is 0 Å². The number of nitrogen functional groups attached to an aromatic ring is 1. The van der Waals surface area contributed by atoms with E-state index in [4.69, 9.17) is 15.6 Å². The molecule has 1 aromatic carbocycles. The van der Waals surface area contributed by atoms with Gasteiger partial charge in [-0.25, -0.2) is 4.79 Å². The first-order valence-electron chi connectivity index (χ1n) is 9.71. The van der Waals surface area contributed by atoms with Gasteiger partial charge in [0.1, 0.15) is 5.75 Å². The summed E-state index contributed by atoms with van der Waals surface area (Å²) in [5, 5.41) is 9.45. The van der Waals surface area contributed by atoms with Gasteiger partial charge < -0.3 is 15.6 Å². The fourth-order valence-corrected chi connectivity index (χ4v) is 3.16. The zero-order chi connectivity index (χ0) is 19.6. The highest BCUT2D eigenvalue weighted by atomic mass is 16.5. The minimum atomic E-state index is -0.741. The molecule has 0 radical (unpaired) electrons. The summed E-state index contributed by atoms with van der Waals surface area (Å²) in [6, 6.07) is 7.86. The summed E-state index contributed by atoms with van der Waals surface area (Å²) < 4.78 is 5.33. The molecule has 2 aromatic rings. The van der Waals surface area contributed by atoms with Crippen molar-refractivity contribution in [3.8, 4) is 5.75 Å². The number of hydrogen-bond acceptors (Lipinski definition) is 4. The van der Waals surface area contributed by atoms with Crippen LogP contribution in [-0.2, 0) is 11.2 Å². The Bertz CT molecular complexity index is 799. The molecule has 1 aromatic heterocycles. The number of hydrogen-bond donors (Lipinski definition) is 2. The maximum atomic E-state index is 10.3. The van der Waals surface area contributed by atoms with Gasteiger partial charge in [-0.3, -0.25) is 4.98 Å². The van der Waals surface area contributed by atoms with E-state index in [-0.39, 0.29) is 0 Å². The van der Waals surface area contributed by atoms with Gasteiger partial charge in [0.2, 0.25) is 0 Å². The molecule has 0 saturated carbocycles. The Labute approximate surface area is 161 Å². The second-order valence-electron chi connectivity index (χ2n) is 6.79. The number of unbranched alkanes of at least 4 members (excludes halogenated alkanes) is 2. The van der Waals surface area contributed by atoms with Crippen molar-refractivity contribution in [2.45, 2.75) is 58.3 Å². The number of carbonyl (C=O) groups is 1. The van der Waals surface area contributed by atoms with Gasteiger partial charge >= 0.3 is 5.97 Å². The van der Waals surface area contributed by atoms with Crippen LogP contribution in [0.2, 0.25) is 0 Å². The summed E-state index contributed by atoms with van der Waals surface area (Å²) in [4.78, 5) is 14.9. The quantitative estimate of drug-likeness (QED) is 0.544. The molecule has 27 heavy (non-hydrogen) atoms. The molecule has 0 unspecified atom stereocenters. The topological polar surface area (TPSA) is 85.4 Å². The fraction of sp³-hybridized carbons (Fsp3) is 0.455. The Morgan fingerprint density at radius 3 is 2.63 bits per heavy atom. The molecule has 0 spiro atoms. The predicted molar refractivity (Wildman–Crippen MR) is 110 cm³/mol. The number of fused-ring (bicyclic) bond motifs is 1. The van der Waals surface area contributed by atoms with Crippen molar-refractivity contribution in [2.75, 3.05) is 12.8 Å². The Balaban J connectivity index is 0.000000244. The van der Waals surface area contributed by atoms with Crippen LogP contribution in [0.25, 0.3) is 10.9 Å². The monoisotopic (exact) mass is 370 g/mol. The zero-order valence-electron chi connectivity index (χ0n) is 16.3. The number of aryl methyl sites for hydroxylation is 1. The Morgan fingerprint density at radius 2 is 2.04 bits per heavy atom. The number of aliphatic carboxylic acids is 1. The molecule has 0 atom stereocenters. The van der Waals surface area contributed by atoms with Gasteiger partial charge in [-0.1, -0.05) is 25.8 Å². The third-order valence-corrected chi connectivity index (χ3v) is 4.73. The van der Waals surface area contributed by atoms with E-state index in [0.717, 1.165) is 54.5 Å². The molecule has 5 heteroatoms. The molecule has 1 heterocycles. The first-order valence-corrected chi connectivity index (χ1v) is 9.71. The summed E-state index contributed by atoms with van der Waals surface area (Å²) in [6.45, 7) is 2.21. The van der Waals surface area contributed by atoms with Crippen molar-refractivity contribution in [1.82, 2.24) is 4.98 Å². The van der Waals surface area contributed by atoms with Gasteiger partial charge in [-0.05, 0) is 62.8 Å². The standard InChI is InChI=1S/C15H20N2O.C7H10O2/c1-3-4-5-6-11-7-8-12-14(18-2)10-9-13(16)15(12)17-11;8-7(9)6-4-2-1-3-5-6/h7-10H,3-6,16H2,1-2H3;4H,1-3,5H2,(H,8,9). The van der Waals surface area contributed by atoms with Crippen molar-refractivity contribution in [3.63, 3.8) is 0 Å². The van der Waals surface area contributed by atoms with Crippen molar-refractivity contribution in [1.29, 1.82) is 0 Å². The van der Waals surface area contributed by atoms with Crippen molar-refractivity contribution >= 4 is 22.6 Å². The van der Waals surface area contributed by atoms with E-state index in [1.807, 2.05) is 18.2 Å². The molecule has 1 aliphatic rings. The minimum Gasteiger partial charge on any atom is -0.496 e. The highest BCUT2D eigenvalue weighted by molar-refractivity contribution is 5.94. The van der Waals surface area contributed by atoms with Crippen LogP contribution in [0.4, 0.5) is 5.69 Å². The number of ether oxygens (including phenoxy) is 1. The summed E-state index contributed by atoms with van der Waals surface area (Å²) in [5.41, 5.74) is 9.25. The lowest BCUT2D eigenvalue weighted by atomic mass is 10.0. The van der Waals surface area contributed by atoms with E-state index in [1.165, 1.54) is 19.3 Å². The number of pyridine rings is 1. The lowest BCUT2D eigenvalue weighted by molar-refractivity contribution is -0.132. The number of nitrogens with two attached hydrogens (primary N) is 1. The predicted octanol–water partition coefficient (Wildman–Crippen LogP) is 5.13. The summed E-state index contributed by atoms with van der Waals surface area (Å²) >= 11 is 0. The van der Waals surface area contributed by atoms with Gasteiger partial charge in [-0.15, -0.1) is 0 Å². The van der Waals surface area contributed by atoms with Gasteiger partial charge in [0, 0.05) is 16.7 Å². The smallest absolute Gasteiger partial charge is 0.331 e. The third kappa shape index (κ3) is 5.98. The molecule has 0 amide bonds. The molecule has 0 saturated heterocycles. The summed E-state index contributed by atoms with van der Waals surface area (Å²) in [7, 11) is 1.67. The Kier molecular flexibility index (Phi) is 8.11. The average molecular weight is 370 g/mol. The van der Waals surface area contributed by atoms with Gasteiger partial charge in [0.05, 0.1) is 18.3 Å². The van der Waals surface area contributed by atoms with E-state index in [1.54, 1.807) is 7.11 Å². The molecule has 0 aliphatic heterocycles.